The Morgan fingerprint density at radius 2 is 0.566 bits per heavy atom. The maximum absolute atomic E-state index is 12.0. The highest BCUT2D eigenvalue weighted by Gasteiger charge is 2.56. The van der Waals surface area contributed by atoms with E-state index in [0.717, 1.165) is 21.9 Å². The molecule has 8 aromatic rings. The maximum atomic E-state index is 12.0. The number of carbonyl (C=O) groups is 13. The first-order chi connectivity index (χ1) is 62.3. The Hall–Kier alpha value is -13.3. The summed E-state index contributed by atoms with van der Waals surface area (Å²) in [5.74, 6) is -17.6. The van der Waals surface area contributed by atoms with Gasteiger partial charge in [-0.05, 0) is 225 Å². The molecule has 1 amide bonds. The van der Waals surface area contributed by atoms with E-state index in [0.29, 0.717) is 50.4 Å². The van der Waals surface area contributed by atoms with Gasteiger partial charge in [0, 0.05) is 64.4 Å². The summed E-state index contributed by atoms with van der Waals surface area (Å²) in [6, 6.07) is 52.0. The van der Waals surface area contributed by atoms with Crippen molar-refractivity contribution in [1.29, 1.82) is 0 Å². The van der Waals surface area contributed by atoms with E-state index in [-0.39, 0.29) is 43.2 Å². The van der Waals surface area contributed by atoms with E-state index in [1.165, 1.54) is 29.3 Å². The molecule has 0 saturated carbocycles. The second kappa shape index (κ2) is 49.8. The maximum Gasteiger partial charge on any atom is 0.348 e. The summed E-state index contributed by atoms with van der Waals surface area (Å²) in [4.78, 5) is 157. The Labute approximate surface area is 795 Å². The number of benzene rings is 7. The molecule has 136 heavy (non-hydrogen) atoms. The van der Waals surface area contributed by atoms with Crippen molar-refractivity contribution in [3.8, 4) is 11.5 Å². The molecule has 0 saturated heterocycles. The van der Waals surface area contributed by atoms with Gasteiger partial charge in [0.1, 0.15) is 16.7 Å². The molecule has 0 fully saturated rings. The molecule has 0 unspecified atom stereocenters. The SMILES string of the molecule is CC(C)(C)OC(Cc1ccc(Cl)nc1)(C(=O)O)C(=O)O.CC(C)(C)OC(Cc1ccc2ccccc2c1)(C(=O)O)C(=O)O.CC(C)(C)OC(Cc1cccc(Oc2ccccc2)c1)(C(=O)O)C(=O)O.CN(C)C(=O)c1cccc(CC(OC(C)(C)C)(C(=O)O)C(=O)O)c1.Cc1ccc(CC(OC(C)(C)C)(C(=O)O)C(=O)O)cc1.Cc1cccc(CC(OC(C)(C)C)(C(=O)O)C(=O)O)c1.O=S=O. The smallest absolute Gasteiger partial charge is 0.348 e. The van der Waals surface area contributed by atoms with Crippen LogP contribution in [0, 0.1) is 13.8 Å². The minimum Gasteiger partial charge on any atom is -0.479 e. The van der Waals surface area contributed by atoms with E-state index in [1.54, 1.807) is 248 Å². The molecule has 12 N–H and O–H groups in total. The van der Waals surface area contributed by atoms with Crippen molar-refractivity contribution in [2.24, 2.45) is 0 Å². The molecule has 7 aromatic carbocycles. The Morgan fingerprint density at radius 1 is 0.294 bits per heavy atom. The van der Waals surface area contributed by atoms with Crippen LogP contribution in [0.25, 0.3) is 10.8 Å². The van der Waals surface area contributed by atoms with Crippen LogP contribution in [0.2, 0.25) is 5.15 Å². The molecule has 0 bridgehead atoms. The van der Waals surface area contributed by atoms with Gasteiger partial charge in [-0.15, -0.1) is 0 Å². The van der Waals surface area contributed by atoms with Crippen molar-refractivity contribution in [2.45, 2.75) is 244 Å². The lowest BCUT2D eigenvalue weighted by molar-refractivity contribution is -0.200. The summed E-state index contributed by atoms with van der Waals surface area (Å²) in [6.07, 6.45) is -0.454. The zero-order chi connectivity index (χ0) is 105. The molecule has 0 aliphatic carbocycles. The number of hydrogen-bond donors (Lipinski definition) is 12. The van der Waals surface area contributed by atoms with Gasteiger partial charge in [-0.1, -0.05) is 162 Å². The molecular weight excluding hydrogens is 1820 g/mol. The molecular formula is C98H121ClN2O34S. The summed E-state index contributed by atoms with van der Waals surface area (Å²) in [6.45, 7) is 32.8. The van der Waals surface area contributed by atoms with Crippen molar-refractivity contribution >= 4 is 111 Å². The van der Waals surface area contributed by atoms with Crippen LogP contribution in [0.5, 0.6) is 11.5 Å². The average molecular weight is 1940 g/mol. The lowest BCUT2D eigenvalue weighted by atomic mass is 9.92. The van der Waals surface area contributed by atoms with Gasteiger partial charge in [0.05, 0.1) is 33.6 Å². The molecule has 8 rings (SSSR count). The number of aryl methyl sites for hydroxylation is 2. The number of para-hydroxylation sites is 1. The number of ether oxygens (including phenoxy) is 7. The molecule has 1 heterocycles. The van der Waals surface area contributed by atoms with Crippen molar-refractivity contribution < 1.29 is 165 Å². The zero-order valence-electron chi connectivity index (χ0n) is 79.7. The van der Waals surface area contributed by atoms with Crippen molar-refractivity contribution in [2.75, 3.05) is 14.1 Å². The minimum atomic E-state index is -2.43. The number of rotatable bonds is 33. The van der Waals surface area contributed by atoms with Crippen molar-refractivity contribution in [3.63, 3.8) is 0 Å². The number of amides is 1. The highest BCUT2D eigenvalue weighted by molar-refractivity contribution is 7.51. The predicted octanol–water partition coefficient (Wildman–Crippen LogP) is 14.4. The fraction of sp³-hybridized carbons (Fsp3) is 0.408. The Bertz CT molecular complexity index is 5330. The number of carboxylic acids is 12. The second-order valence-electron chi connectivity index (χ2n) is 37.1. The van der Waals surface area contributed by atoms with Crippen LogP contribution >= 0.6 is 11.6 Å². The van der Waals surface area contributed by atoms with Gasteiger partial charge in [-0.2, -0.15) is 8.42 Å². The molecule has 38 heteroatoms. The first-order valence-electron chi connectivity index (χ1n) is 41.5. The molecule has 1 aromatic heterocycles. The summed E-state index contributed by atoms with van der Waals surface area (Å²) >= 11 is 4.89. The van der Waals surface area contributed by atoms with Gasteiger partial charge < -0.3 is 99.3 Å². The van der Waals surface area contributed by atoms with Gasteiger partial charge in [0.25, 0.3) is 39.5 Å². The number of halogens is 1. The topological polar surface area (TPSA) is 580 Å². The van der Waals surface area contributed by atoms with Crippen LogP contribution in [-0.4, -0.2) is 238 Å². The first kappa shape index (κ1) is 119. The molecule has 740 valence electrons. The summed E-state index contributed by atoms with van der Waals surface area (Å²) < 4.78 is 54.7. The number of fused-ring (bicyclic) bond motifs is 1. The van der Waals surface area contributed by atoms with Crippen LogP contribution in [-0.2, 0) is 136 Å². The fourth-order valence-electron chi connectivity index (χ4n) is 12.9. The van der Waals surface area contributed by atoms with Gasteiger partial charge in [0.2, 0.25) is 0 Å². The zero-order valence-corrected chi connectivity index (χ0v) is 81.2. The highest BCUT2D eigenvalue weighted by atomic mass is 35.5. The number of carboxylic acid groups (broad SMARTS) is 12. The average Bonchev–Trinajstić information content (AvgIpc) is 0.796. The summed E-state index contributed by atoms with van der Waals surface area (Å²) in [7, 11) is 3.19. The van der Waals surface area contributed by atoms with E-state index >= 15 is 0 Å². The number of hydrogen-bond acceptors (Lipinski definition) is 23. The lowest BCUT2D eigenvalue weighted by Crippen LogP contribution is -2.54. The molecule has 0 radical (unpaired) electrons. The third kappa shape index (κ3) is 37.5. The number of nitrogens with zero attached hydrogens (tertiary/aromatic N) is 2. The third-order valence-electron chi connectivity index (χ3n) is 18.0. The highest BCUT2D eigenvalue weighted by Crippen LogP contribution is 2.35. The largest absolute Gasteiger partial charge is 0.479 e. The lowest BCUT2D eigenvalue weighted by Gasteiger charge is -2.33. The minimum absolute atomic E-state index is 0.226. The van der Waals surface area contributed by atoms with E-state index in [9.17, 15) is 124 Å². The number of pyridine rings is 1. The fourth-order valence-corrected chi connectivity index (χ4v) is 13.0. The van der Waals surface area contributed by atoms with Gasteiger partial charge in [0.15, 0.2) is 0 Å². The van der Waals surface area contributed by atoms with Crippen LogP contribution in [0.4, 0.5) is 0 Å². The van der Waals surface area contributed by atoms with Crippen molar-refractivity contribution in [3.05, 3.63) is 243 Å². The Morgan fingerprint density at radius 3 is 0.882 bits per heavy atom. The monoisotopic (exact) mass is 1940 g/mol. The number of aliphatic carboxylic acids is 12. The standard InChI is InChI=1S/C20H22O6.C18H20O5.C17H23NO6.2C15H20O5.C13H16ClNO5.O2S/c1-19(2,3)26-20(17(21)22,18(23)24)13-14-8-7-11-16(12-14)25-15-9-5-4-6-10-15;1-17(2,3)23-18(15(19)20,16(21)22)11-12-8-9-13-6-4-5-7-14(13)10-12;1-16(2,3)24-17(14(20)21,15(22)23)10-11-7-6-8-12(9-11)13(19)18(4)5;1-10-5-7-11(8-6-10)9-15(12(16)17,13(18)19)20-14(2,3)4;1-10-6-5-7-11(8-10)9-15(12(16)17,13(18)19)20-14(2,3)4;1-12(2,3)20-13(10(16)17,11(18)19)6-8-4-5-9(14)15-7-8;1-3-2/h4-12H,13H2,1-3H3,(H,21,22)(H,23,24);4-10H,11H2,1-3H3,(H,19,20)(H,21,22);6-9H,10H2,1-5H3,(H,20,21)(H,22,23);2*5-8H,9H2,1-4H3,(H,16,17)(H,18,19);4-5,7H,6H2,1-3H3,(H,16,17)(H,18,19);. The summed E-state index contributed by atoms with van der Waals surface area (Å²) in [5.41, 5.74) is -14.2. The van der Waals surface area contributed by atoms with Crippen LogP contribution in [0.1, 0.15) is 179 Å². The van der Waals surface area contributed by atoms with E-state index in [1.807, 2.05) is 68.4 Å². The summed E-state index contributed by atoms with van der Waals surface area (Å²) in [5, 5.41) is 116. The molecule has 36 nitrogen and oxygen atoms in total. The number of carbonyl (C=O) groups excluding carboxylic acids is 1. The van der Waals surface area contributed by atoms with Crippen LogP contribution in [0.3, 0.4) is 0 Å². The number of aromatic nitrogens is 1. The predicted molar refractivity (Wildman–Crippen MR) is 497 cm³/mol. The van der Waals surface area contributed by atoms with Gasteiger partial charge >= 0.3 is 83.2 Å². The molecule has 0 atom stereocenters. The van der Waals surface area contributed by atoms with Crippen molar-refractivity contribution in [1.82, 2.24) is 9.88 Å². The second-order valence-corrected chi connectivity index (χ2v) is 37.7. The normalized spacial score (nSPS) is 11.9. The van der Waals surface area contributed by atoms with E-state index < -0.39 is 157 Å². The van der Waals surface area contributed by atoms with E-state index in [2.05, 4.69) is 4.98 Å². The van der Waals surface area contributed by atoms with E-state index in [4.69, 9.17) is 53.2 Å². The molecule has 0 spiro atoms. The van der Waals surface area contributed by atoms with Crippen LogP contribution < -0.4 is 4.74 Å². The Balaban J connectivity index is 0.000000550. The quantitative estimate of drug-likeness (QED) is 0.0134. The first-order valence-corrected chi connectivity index (χ1v) is 42.6. The van der Waals surface area contributed by atoms with Gasteiger partial charge in [-0.25, -0.2) is 62.5 Å². The third-order valence-corrected chi connectivity index (χ3v) is 18.2. The Kier molecular flexibility index (Phi) is 43.5. The van der Waals surface area contributed by atoms with Crippen LogP contribution in [0.15, 0.2) is 188 Å². The van der Waals surface area contributed by atoms with Gasteiger partial charge in [-0.3, -0.25) is 4.79 Å². The molecule has 0 aliphatic rings. The molecule has 0 aliphatic heterocycles.